The van der Waals surface area contributed by atoms with Crippen molar-refractivity contribution >= 4 is 35.1 Å². The molecule has 1 aliphatic rings. The van der Waals surface area contributed by atoms with Crippen molar-refractivity contribution in [2.75, 3.05) is 18.4 Å². The predicted molar refractivity (Wildman–Crippen MR) is 81.5 cm³/mol. The number of rotatable bonds is 6. The lowest BCUT2D eigenvalue weighted by Crippen LogP contribution is -2.43. The molecule has 0 bridgehead atoms. The third kappa shape index (κ3) is 4.72. The van der Waals surface area contributed by atoms with Crippen molar-refractivity contribution in [2.45, 2.75) is 25.8 Å². The van der Waals surface area contributed by atoms with E-state index in [2.05, 4.69) is 20.9 Å². The highest BCUT2D eigenvalue weighted by Crippen LogP contribution is 2.32. The van der Waals surface area contributed by atoms with Gasteiger partial charge in [0.2, 0.25) is 0 Å². The first-order chi connectivity index (χ1) is 9.56. The lowest BCUT2D eigenvalue weighted by molar-refractivity contribution is 0.237. The van der Waals surface area contributed by atoms with Crippen molar-refractivity contribution in [3.63, 3.8) is 0 Å². The van der Waals surface area contributed by atoms with Crippen LogP contribution in [0.4, 0.5) is 10.6 Å². The molecule has 1 unspecified atom stereocenters. The standard InChI is InChI=1S/C13H18Cl2N4O/c1-8(9-2-3-9)19-13(20)17-5-4-16-12-11(15)6-10(14)7-18-12/h6-9H,2-5H2,1H3,(H,16,18)(H2,17,19,20). The summed E-state index contributed by atoms with van der Waals surface area (Å²) in [7, 11) is 0. The van der Waals surface area contributed by atoms with E-state index < -0.39 is 0 Å². The third-order valence-corrected chi connectivity index (χ3v) is 3.69. The fraction of sp³-hybridized carbons (Fsp3) is 0.538. The van der Waals surface area contributed by atoms with E-state index in [1.807, 2.05) is 6.92 Å². The second kappa shape index (κ2) is 6.99. The van der Waals surface area contributed by atoms with Crippen LogP contribution in [0.15, 0.2) is 12.3 Å². The van der Waals surface area contributed by atoms with Crippen LogP contribution in [0.1, 0.15) is 19.8 Å². The summed E-state index contributed by atoms with van der Waals surface area (Å²) in [5.41, 5.74) is 0. The Bertz CT molecular complexity index is 479. The van der Waals surface area contributed by atoms with E-state index in [4.69, 9.17) is 23.2 Å². The Labute approximate surface area is 128 Å². The monoisotopic (exact) mass is 316 g/mol. The average molecular weight is 317 g/mol. The highest BCUT2D eigenvalue weighted by atomic mass is 35.5. The second-order valence-electron chi connectivity index (χ2n) is 4.94. The molecule has 0 aromatic carbocycles. The van der Waals surface area contributed by atoms with Crippen LogP contribution < -0.4 is 16.0 Å². The molecule has 1 heterocycles. The summed E-state index contributed by atoms with van der Waals surface area (Å²) in [6, 6.07) is 1.73. The minimum atomic E-state index is -0.138. The van der Waals surface area contributed by atoms with E-state index in [1.165, 1.54) is 19.0 Å². The molecule has 1 fully saturated rings. The van der Waals surface area contributed by atoms with Gasteiger partial charge in [-0.15, -0.1) is 0 Å². The van der Waals surface area contributed by atoms with E-state index >= 15 is 0 Å². The number of carbonyl (C=O) groups excluding carboxylic acids is 1. The number of urea groups is 1. The van der Waals surface area contributed by atoms with Crippen LogP contribution in [-0.2, 0) is 0 Å². The zero-order chi connectivity index (χ0) is 14.5. The van der Waals surface area contributed by atoms with Gasteiger partial charge in [0.1, 0.15) is 5.82 Å². The zero-order valence-electron chi connectivity index (χ0n) is 11.2. The van der Waals surface area contributed by atoms with Crippen LogP contribution in [0.3, 0.4) is 0 Å². The van der Waals surface area contributed by atoms with Crippen LogP contribution in [0, 0.1) is 5.92 Å². The number of nitrogens with one attached hydrogen (secondary N) is 3. The van der Waals surface area contributed by atoms with E-state index in [0.29, 0.717) is 34.9 Å². The Kier molecular flexibility index (Phi) is 5.31. The summed E-state index contributed by atoms with van der Waals surface area (Å²) in [6.07, 6.45) is 3.95. The quantitative estimate of drug-likeness (QED) is 0.707. The van der Waals surface area contributed by atoms with Crippen molar-refractivity contribution in [3.8, 4) is 0 Å². The molecule has 2 amide bonds. The number of nitrogens with zero attached hydrogens (tertiary/aromatic N) is 1. The predicted octanol–water partition coefficient (Wildman–Crippen LogP) is 2.90. The highest BCUT2D eigenvalue weighted by molar-refractivity contribution is 6.35. The second-order valence-corrected chi connectivity index (χ2v) is 5.78. The van der Waals surface area contributed by atoms with Gasteiger partial charge in [-0.3, -0.25) is 0 Å². The van der Waals surface area contributed by atoms with E-state index in [0.717, 1.165) is 0 Å². The van der Waals surface area contributed by atoms with Crippen LogP contribution in [0.5, 0.6) is 0 Å². The molecule has 1 aliphatic carbocycles. The van der Waals surface area contributed by atoms with E-state index in [-0.39, 0.29) is 12.1 Å². The maximum Gasteiger partial charge on any atom is 0.315 e. The minimum absolute atomic E-state index is 0.138. The van der Waals surface area contributed by atoms with Gasteiger partial charge < -0.3 is 16.0 Å². The number of pyridine rings is 1. The molecule has 3 N–H and O–H groups in total. The summed E-state index contributed by atoms with van der Waals surface area (Å²) in [5.74, 6) is 1.21. The number of hydrogen-bond acceptors (Lipinski definition) is 3. The largest absolute Gasteiger partial charge is 0.367 e. The molecule has 2 rings (SSSR count). The maximum atomic E-state index is 11.6. The lowest BCUT2D eigenvalue weighted by atomic mass is 10.2. The Hall–Kier alpha value is -1.20. The van der Waals surface area contributed by atoms with Gasteiger partial charge in [-0.2, -0.15) is 0 Å². The molecule has 0 aliphatic heterocycles. The normalized spacial score (nSPS) is 15.6. The molecule has 1 saturated carbocycles. The van der Waals surface area contributed by atoms with E-state index in [9.17, 15) is 4.79 Å². The van der Waals surface area contributed by atoms with Crippen molar-refractivity contribution < 1.29 is 4.79 Å². The van der Waals surface area contributed by atoms with E-state index in [1.54, 1.807) is 6.07 Å². The van der Waals surface area contributed by atoms with Crippen molar-refractivity contribution in [2.24, 2.45) is 5.92 Å². The summed E-state index contributed by atoms with van der Waals surface area (Å²) in [4.78, 5) is 15.7. The molecule has 5 nitrogen and oxygen atoms in total. The van der Waals surface area contributed by atoms with Gasteiger partial charge in [0, 0.05) is 25.3 Å². The lowest BCUT2D eigenvalue weighted by Gasteiger charge is -2.14. The van der Waals surface area contributed by atoms with Gasteiger partial charge in [0.15, 0.2) is 0 Å². The minimum Gasteiger partial charge on any atom is -0.367 e. The molecule has 110 valence electrons. The zero-order valence-corrected chi connectivity index (χ0v) is 12.8. The van der Waals surface area contributed by atoms with Gasteiger partial charge in [0.05, 0.1) is 10.0 Å². The molecular weight excluding hydrogens is 299 g/mol. The Balaban J connectivity index is 1.64. The fourth-order valence-corrected chi connectivity index (χ4v) is 2.32. The number of amides is 2. The van der Waals surface area contributed by atoms with Crippen LogP contribution in [0.2, 0.25) is 10.0 Å². The molecule has 1 atom stereocenters. The number of aromatic nitrogens is 1. The Morgan fingerprint density at radius 1 is 1.45 bits per heavy atom. The Morgan fingerprint density at radius 3 is 2.85 bits per heavy atom. The molecule has 0 spiro atoms. The number of hydrogen-bond donors (Lipinski definition) is 3. The number of halogens is 2. The third-order valence-electron chi connectivity index (χ3n) is 3.20. The first-order valence-corrected chi connectivity index (χ1v) is 7.41. The molecule has 20 heavy (non-hydrogen) atoms. The van der Waals surface area contributed by atoms with Gasteiger partial charge in [0.25, 0.3) is 0 Å². The molecule has 1 aromatic heterocycles. The summed E-state index contributed by atoms with van der Waals surface area (Å²) in [6.45, 7) is 3.07. The molecule has 0 saturated heterocycles. The van der Waals surface area contributed by atoms with Crippen molar-refractivity contribution in [1.29, 1.82) is 0 Å². The molecular formula is C13H18Cl2N4O. The van der Waals surface area contributed by atoms with Crippen LogP contribution in [-0.4, -0.2) is 30.1 Å². The number of anilines is 1. The fourth-order valence-electron chi connectivity index (χ4n) is 1.87. The highest BCUT2D eigenvalue weighted by Gasteiger charge is 2.28. The SMILES string of the molecule is CC(NC(=O)NCCNc1ncc(Cl)cc1Cl)C1CC1. The number of carbonyl (C=O) groups is 1. The van der Waals surface area contributed by atoms with Crippen molar-refractivity contribution in [3.05, 3.63) is 22.3 Å². The molecule has 1 aromatic rings. The Morgan fingerprint density at radius 2 is 2.20 bits per heavy atom. The van der Waals surface area contributed by atoms with Crippen LogP contribution >= 0.6 is 23.2 Å². The smallest absolute Gasteiger partial charge is 0.315 e. The summed E-state index contributed by atoms with van der Waals surface area (Å²) >= 11 is 11.7. The molecule has 7 heteroatoms. The summed E-state index contributed by atoms with van der Waals surface area (Å²) < 4.78 is 0. The molecule has 0 radical (unpaired) electrons. The van der Waals surface area contributed by atoms with Crippen LogP contribution in [0.25, 0.3) is 0 Å². The van der Waals surface area contributed by atoms with Crippen molar-refractivity contribution in [1.82, 2.24) is 15.6 Å². The maximum absolute atomic E-state index is 11.6. The topological polar surface area (TPSA) is 66.1 Å². The van der Waals surface area contributed by atoms with Gasteiger partial charge in [-0.1, -0.05) is 23.2 Å². The first kappa shape index (κ1) is 15.2. The van der Waals surface area contributed by atoms with Gasteiger partial charge >= 0.3 is 6.03 Å². The first-order valence-electron chi connectivity index (χ1n) is 6.65. The average Bonchev–Trinajstić information content (AvgIpc) is 3.20. The van der Waals surface area contributed by atoms with Gasteiger partial charge in [-0.05, 0) is 31.7 Å². The van der Waals surface area contributed by atoms with Gasteiger partial charge in [-0.25, -0.2) is 9.78 Å². The summed E-state index contributed by atoms with van der Waals surface area (Å²) in [5, 5.41) is 9.70.